The van der Waals surface area contributed by atoms with Crippen molar-refractivity contribution in [1.82, 2.24) is 15.0 Å². The van der Waals surface area contributed by atoms with Gasteiger partial charge >= 0.3 is 0 Å². The number of rotatable bonds is 8. The Morgan fingerprint density at radius 2 is 1.82 bits per heavy atom. The maximum atomic E-state index is 12.5. The van der Waals surface area contributed by atoms with Crippen molar-refractivity contribution in [3.63, 3.8) is 0 Å². The van der Waals surface area contributed by atoms with Crippen LogP contribution in [-0.4, -0.2) is 33.9 Å². The summed E-state index contributed by atoms with van der Waals surface area (Å²) in [7, 11) is 0. The molecule has 0 aliphatic rings. The van der Waals surface area contributed by atoms with Gasteiger partial charge in [0.05, 0.1) is 0 Å². The topological polar surface area (TPSA) is 83.0 Å². The van der Waals surface area contributed by atoms with Crippen LogP contribution in [0.1, 0.15) is 29.9 Å². The van der Waals surface area contributed by atoms with E-state index in [0.717, 1.165) is 30.0 Å². The second kappa shape index (κ2) is 9.45. The van der Waals surface area contributed by atoms with E-state index in [9.17, 15) is 4.79 Å². The van der Waals surface area contributed by atoms with Gasteiger partial charge in [0.15, 0.2) is 0 Å². The van der Waals surface area contributed by atoms with Gasteiger partial charge in [-0.2, -0.15) is 0 Å². The first-order chi connectivity index (χ1) is 13.7. The summed E-state index contributed by atoms with van der Waals surface area (Å²) in [6.07, 6.45) is 5.06. The van der Waals surface area contributed by atoms with Crippen LogP contribution in [0.5, 0.6) is 0 Å². The average Bonchev–Trinajstić information content (AvgIpc) is 2.75. The molecule has 3 rings (SSSR count). The molecule has 0 spiro atoms. The first-order valence-electron chi connectivity index (χ1n) is 9.31. The second-order valence-corrected chi connectivity index (χ2v) is 6.15. The number of amides is 1. The van der Waals surface area contributed by atoms with E-state index in [1.54, 1.807) is 24.7 Å². The zero-order valence-corrected chi connectivity index (χ0v) is 16.1. The Labute approximate surface area is 164 Å². The van der Waals surface area contributed by atoms with Gasteiger partial charge in [0.2, 0.25) is 5.95 Å². The maximum absolute atomic E-state index is 12.5. The fraction of sp³-hybridized carbons (Fsp3) is 0.238. The second-order valence-electron chi connectivity index (χ2n) is 6.15. The molecule has 1 amide bonds. The molecule has 144 valence electrons. The van der Waals surface area contributed by atoms with Crippen molar-refractivity contribution in [1.29, 1.82) is 0 Å². The molecular weight excluding hydrogens is 352 g/mol. The van der Waals surface area contributed by atoms with Crippen LogP contribution < -0.4 is 15.5 Å². The Morgan fingerprint density at radius 1 is 1.04 bits per heavy atom. The van der Waals surface area contributed by atoms with Crippen molar-refractivity contribution in [3.05, 3.63) is 72.3 Å². The standard InChI is InChI=1S/C21H24N6O/c1-3-27(4-2)18-9-7-17(8-10-18)25-20(28)19-11-13-23-21(26-19)24-15-16-6-5-12-22-14-16/h5-14H,3-4,15H2,1-2H3,(H,25,28)(H,23,24,26). The van der Waals surface area contributed by atoms with Gasteiger partial charge in [-0.3, -0.25) is 9.78 Å². The number of nitrogens with one attached hydrogen (secondary N) is 2. The molecule has 0 aliphatic heterocycles. The van der Waals surface area contributed by atoms with Crippen LogP contribution in [0.15, 0.2) is 61.1 Å². The van der Waals surface area contributed by atoms with Crippen LogP contribution in [0.25, 0.3) is 0 Å². The molecule has 0 saturated carbocycles. The number of aromatic nitrogens is 3. The molecule has 0 unspecified atom stereocenters. The number of hydrogen-bond donors (Lipinski definition) is 2. The van der Waals surface area contributed by atoms with E-state index in [0.29, 0.717) is 18.2 Å². The summed E-state index contributed by atoms with van der Waals surface area (Å²) < 4.78 is 0. The lowest BCUT2D eigenvalue weighted by molar-refractivity contribution is 0.102. The van der Waals surface area contributed by atoms with Crippen molar-refractivity contribution in [2.75, 3.05) is 28.6 Å². The van der Waals surface area contributed by atoms with E-state index in [-0.39, 0.29) is 5.91 Å². The highest BCUT2D eigenvalue weighted by atomic mass is 16.1. The van der Waals surface area contributed by atoms with Gasteiger partial charge in [0.25, 0.3) is 5.91 Å². The zero-order chi connectivity index (χ0) is 19.8. The van der Waals surface area contributed by atoms with E-state index < -0.39 is 0 Å². The van der Waals surface area contributed by atoms with Crippen molar-refractivity contribution in [3.8, 4) is 0 Å². The lowest BCUT2D eigenvalue weighted by Crippen LogP contribution is -2.21. The van der Waals surface area contributed by atoms with Gasteiger partial charge in [0, 0.05) is 49.6 Å². The maximum Gasteiger partial charge on any atom is 0.274 e. The Morgan fingerprint density at radius 3 is 2.50 bits per heavy atom. The minimum absolute atomic E-state index is 0.276. The molecular formula is C21H24N6O. The molecule has 3 aromatic rings. The van der Waals surface area contributed by atoms with Crippen molar-refractivity contribution in [2.24, 2.45) is 0 Å². The van der Waals surface area contributed by atoms with E-state index >= 15 is 0 Å². The molecule has 0 fully saturated rings. The number of pyridine rings is 1. The van der Waals surface area contributed by atoms with Crippen molar-refractivity contribution in [2.45, 2.75) is 20.4 Å². The number of carbonyl (C=O) groups is 1. The van der Waals surface area contributed by atoms with Gasteiger partial charge in [-0.15, -0.1) is 0 Å². The third-order valence-corrected chi connectivity index (χ3v) is 4.32. The largest absolute Gasteiger partial charge is 0.372 e. The number of anilines is 3. The highest BCUT2D eigenvalue weighted by molar-refractivity contribution is 6.03. The van der Waals surface area contributed by atoms with Crippen LogP contribution in [0.2, 0.25) is 0 Å². The third kappa shape index (κ3) is 5.03. The molecule has 28 heavy (non-hydrogen) atoms. The van der Waals surface area contributed by atoms with Crippen molar-refractivity contribution >= 4 is 23.2 Å². The normalized spacial score (nSPS) is 10.4. The summed E-state index contributed by atoms with van der Waals surface area (Å²) >= 11 is 0. The average molecular weight is 376 g/mol. The quantitative estimate of drug-likeness (QED) is 0.625. The van der Waals surface area contributed by atoms with Crippen LogP contribution >= 0.6 is 0 Å². The fourth-order valence-electron chi connectivity index (χ4n) is 2.79. The SMILES string of the molecule is CCN(CC)c1ccc(NC(=O)c2ccnc(NCc3cccnc3)n2)cc1. The molecule has 7 heteroatoms. The predicted octanol–water partition coefficient (Wildman–Crippen LogP) is 3.58. The van der Waals surface area contributed by atoms with Crippen LogP contribution in [0.4, 0.5) is 17.3 Å². The molecule has 2 heterocycles. The molecule has 0 saturated heterocycles. The summed E-state index contributed by atoms with van der Waals surface area (Å²) in [6, 6.07) is 13.2. The van der Waals surface area contributed by atoms with Gasteiger partial charge in [-0.1, -0.05) is 6.07 Å². The number of nitrogens with zero attached hydrogens (tertiary/aromatic N) is 4. The fourth-order valence-corrected chi connectivity index (χ4v) is 2.79. The minimum Gasteiger partial charge on any atom is -0.372 e. The number of carbonyl (C=O) groups excluding carboxylic acids is 1. The highest BCUT2D eigenvalue weighted by Crippen LogP contribution is 2.18. The summed E-state index contributed by atoms with van der Waals surface area (Å²) in [4.78, 5) is 27.3. The Hall–Kier alpha value is -3.48. The van der Waals surface area contributed by atoms with Crippen LogP contribution in [0, 0.1) is 0 Å². The Balaban J connectivity index is 1.62. The van der Waals surface area contributed by atoms with Crippen LogP contribution in [0.3, 0.4) is 0 Å². The Bertz CT molecular complexity index is 894. The first-order valence-corrected chi connectivity index (χ1v) is 9.31. The highest BCUT2D eigenvalue weighted by Gasteiger charge is 2.10. The van der Waals surface area contributed by atoms with Gasteiger partial charge in [0.1, 0.15) is 5.69 Å². The molecule has 2 aromatic heterocycles. The lowest BCUT2D eigenvalue weighted by Gasteiger charge is -2.21. The molecule has 7 nitrogen and oxygen atoms in total. The van der Waals surface area contributed by atoms with Crippen LogP contribution in [-0.2, 0) is 6.54 Å². The third-order valence-electron chi connectivity index (χ3n) is 4.32. The number of hydrogen-bond acceptors (Lipinski definition) is 6. The van der Waals surface area contributed by atoms with E-state index in [1.807, 2.05) is 36.4 Å². The summed E-state index contributed by atoms with van der Waals surface area (Å²) in [5.41, 5.74) is 3.17. The summed E-state index contributed by atoms with van der Waals surface area (Å²) in [6.45, 7) is 6.66. The first kappa shape index (κ1) is 19.3. The van der Waals surface area contributed by atoms with E-state index in [2.05, 4.69) is 44.3 Å². The van der Waals surface area contributed by atoms with Gasteiger partial charge < -0.3 is 15.5 Å². The predicted molar refractivity (Wildman–Crippen MR) is 112 cm³/mol. The molecule has 0 bridgehead atoms. The molecule has 1 aromatic carbocycles. The molecule has 0 aliphatic carbocycles. The molecule has 0 atom stereocenters. The summed E-state index contributed by atoms with van der Waals surface area (Å²) in [5.74, 6) is 0.121. The van der Waals surface area contributed by atoms with E-state index in [4.69, 9.17) is 0 Å². The number of benzene rings is 1. The van der Waals surface area contributed by atoms with Gasteiger partial charge in [-0.25, -0.2) is 9.97 Å². The monoisotopic (exact) mass is 376 g/mol. The van der Waals surface area contributed by atoms with Crippen molar-refractivity contribution < 1.29 is 4.79 Å². The lowest BCUT2D eigenvalue weighted by atomic mass is 10.2. The summed E-state index contributed by atoms with van der Waals surface area (Å²) in [5, 5.41) is 5.98. The molecule has 0 radical (unpaired) electrons. The molecule has 2 N–H and O–H groups in total. The smallest absolute Gasteiger partial charge is 0.274 e. The van der Waals surface area contributed by atoms with Gasteiger partial charge in [-0.05, 0) is 55.8 Å². The minimum atomic E-state index is -0.276. The van der Waals surface area contributed by atoms with E-state index in [1.165, 1.54) is 0 Å². The Kier molecular flexibility index (Phi) is 6.51. The zero-order valence-electron chi connectivity index (χ0n) is 16.1.